The summed E-state index contributed by atoms with van der Waals surface area (Å²) in [5, 5.41) is 0. The van der Waals surface area contributed by atoms with E-state index in [4.69, 9.17) is 0 Å². The van der Waals surface area contributed by atoms with Crippen molar-refractivity contribution in [1.29, 1.82) is 0 Å². The van der Waals surface area contributed by atoms with E-state index in [0.717, 1.165) is 37.0 Å². The number of aryl methyl sites for hydroxylation is 2. The first kappa shape index (κ1) is 13.1. The third-order valence-electron chi connectivity index (χ3n) is 4.01. The summed E-state index contributed by atoms with van der Waals surface area (Å²) in [7, 11) is 0. The Bertz CT molecular complexity index is 577. The molecule has 0 aliphatic carbocycles. The fourth-order valence-corrected chi connectivity index (χ4v) is 2.91. The second-order valence-corrected chi connectivity index (χ2v) is 5.60. The molecule has 1 aliphatic heterocycles. The summed E-state index contributed by atoms with van der Waals surface area (Å²) >= 11 is 0. The van der Waals surface area contributed by atoms with E-state index in [9.17, 15) is 0 Å². The second kappa shape index (κ2) is 5.61. The molecule has 2 aromatic heterocycles. The Morgan fingerprint density at radius 3 is 2.90 bits per heavy atom. The van der Waals surface area contributed by atoms with E-state index in [1.54, 1.807) is 6.33 Å². The number of piperidine rings is 1. The first-order chi connectivity index (χ1) is 9.72. The van der Waals surface area contributed by atoms with Gasteiger partial charge in [-0.1, -0.05) is 0 Å². The fourth-order valence-electron chi connectivity index (χ4n) is 2.91. The number of imidazole rings is 1. The van der Waals surface area contributed by atoms with E-state index >= 15 is 0 Å². The van der Waals surface area contributed by atoms with Crippen molar-refractivity contribution in [3.05, 3.63) is 36.3 Å². The van der Waals surface area contributed by atoms with Crippen LogP contribution in [0.1, 0.15) is 24.4 Å². The summed E-state index contributed by atoms with van der Waals surface area (Å²) in [5.74, 6) is 2.82. The Hall–Kier alpha value is -1.91. The molecule has 1 fully saturated rings. The number of nitrogens with zero attached hydrogens (tertiary/aromatic N) is 5. The summed E-state index contributed by atoms with van der Waals surface area (Å²) in [6.07, 6.45) is 8.11. The number of hydrogen-bond donors (Lipinski definition) is 0. The molecule has 0 saturated carbocycles. The van der Waals surface area contributed by atoms with Crippen LogP contribution in [-0.2, 0) is 6.54 Å². The molecule has 0 aromatic carbocycles. The highest BCUT2D eigenvalue weighted by Gasteiger charge is 2.21. The summed E-state index contributed by atoms with van der Waals surface area (Å²) in [5.41, 5.74) is 1.03. The third kappa shape index (κ3) is 2.81. The maximum absolute atomic E-state index is 4.41. The van der Waals surface area contributed by atoms with Gasteiger partial charge in [-0.15, -0.1) is 0 Å². The number of rotatable bonds is 3. The Balaban J connectivity index is 1.69. The van der Waals surface area contributed by atoms with Gasteiger partial charge in [-0.3, -0.25) is 0 Å². The molecule has 0 radical (unpaired) electrons. The normalized spacial score (nSPS) is 19.3. The van der Waals surface area contributed by atoms with Gasteiger partial charge >= 0.3 is 0 Å². The van der Waals surface area contributed by atoms with Crippen LogP contribution in [0.2, 0.25) is 0 Å². The van der Waals surface area contributed by atoms with Crippen LogP contribution >= 0.6 is 0 Å². The van der Waals surface area contributed by atoms with Gasteiger partial charge in [0.25, 0.3) is 0 Å². The topological polar surface area (TPSA) is 46.8 Å². The van der Waals surface area contributed by atoms with Crippen LogP contribution in [-0.4, -0.2) is 32.6 Å². The monoisotopic (exact) mass is 271 g/mol. The fraction of sp³-hybridized carbons (Fsp3) is 0.533. The van der Waals surface area contributed by atoms with Gasteiger partial charge in [0.05, 0.1) is 0 Å². The van der Waals surface area contributed by atoms with Gasteiger partial charge < -0.3 is 9.47 Å². The molecule has 1 saturated heterocycles. The average Bonchev–Trinajstić information content (AvgIpc) is 2.85. The lowest BCUT2D eigenvalue weighted by atomic mass is 9.98. The lowest BCUT2D eigenvalue weighted by Crippen LogP contribution is -2.37. The Morgan fingerprint density at radius 2 is 2.15 bits per heavy atom. The molecular weight excluding hydrogens is 250 g/mol. The highest BCUT2D eigenvalue weighted by atomic mass is 15.2. The largest absolute Gasteiger partial charge is 0.356 e. The zero-order valence-corrected chi connectivity index (χ0v) is 12.2. The van der Waals surface area contributed by atoms with E-state index in [2.05, 4.69) is 43.6 Å². The van der Waals surface area contributed by atoms with E-state index in [0.29, 0.717) is 5.92 Å². The lowest BCUT2D eigenvalue weighted by Gasteiger charge is -2.34. The minimum absolute atomic E-state index is 0.659. The van der Waals surface area contributed by atoms with Gasteiger partial charge in [-0.05, 0) is 32.6 Å². The van der Waals surface area contributed by atoms with Crippen molar-refractivity contribution in [2.75, 3.05) is 18.0 Å². The molecule has 0 spiro atoms. The number of hydrogen-bond acceptors (Lipinski definition) is 4. The minimum atomic E-state index is 0.659. The van der Waals surface area contributed by atoms with Gasteiger partial charge in [0.15, 0.2) is 0 Å². The zero-order valence-electron chi connectivity index (χ0n) is 12.2. The Kier molecular flexibility index (Phi) is 3.67. The first-order valence-corrected chi connectivity index (χ1v) is 7.23. The zero-order chi connectivity index (χ0) is 13.9. The van der Waals surface area contributed by atoms with Crippen molar-refractivity contribution in [3.63, 3.8) is 0 Å². The van der Waals surface area contributed by atoms with Crippen molar-refractivity contribution in [3.8, 4) is 0 Å². The van der Waals surface area contributed by atoms with Crippen LogP contribution in [0.15, 0.2) is 24.8 Å². The highest BCUT2D eigenvalue weighted by molar-refractivity contribution is 5.39. The second-order valence-electron chi connectivity index (χ2n) is 5.60. The molecule has 1 unspecified atom stereocenters. The lowest BCUT2D eigenvalue weighted by molar-refractivity contribution is 0.362. The average molecular weight is 271 g/mol. The van der Waals surface area contributed by atoms with Crippen LogP contribution in [0.4, 0.5) is 5.82 Å². The van der Waals surface area contributed by atoms with Crippen LogP contribution in [0.5, 0.6) is 0 Å². The molecule has 20 heavy (non-hydrogen) atoms. The molecule has 1 atom stereocenters. The van der Waals surface area contributed by atoms with Crippen molar-refractivity contribution in [2.24, 2.45) is 5.92 Å². The van der Waals surface area contributed by atoms with E-state index < -0.39 is 0 Å². The Labute approximate surface area is 119 Å². The molecule has 0 amide bonds. The molecule has 106 valence electrons. The molecular formula is C15H21N5. The van der Waals surface area contributed by atoms with E-state index in [1.165, 1.54) is 12.8 Å². The van der Waals surface area contributed by atoms with Crippen LogP contribution in [0, 0.1) is 19.8 Å². The summed E-state index contributed by atoms with van der Waals surface area (Å²) < 4.78 is 2.25. The summed E-state index contributed by atoms with van der Waals surface area (Å²) in [4.78, 5) is 15.3. The van der Waals surface area contributed by atoms with Crippen LogP contribution in [0.3, 0.4) is 0 Å². The summed E-state index contributed by atoms with van der Waals surface area (Å²) in [6, 6.07) is 2.07. The molecule has 0 N–H and O–H groups in total. The minimum Gasteiger partial charge on any atom is -0.356 e. The van der Waals surface area contributed by atoms with E-state index in [1.807, 2.05) is 13.1 Å². The number of anilines is 1. The quantitative estimate of drug-likeness (QED) is 0.858. The molecule has 3 rings (SSSR count). The van der Waals surface area contributed by atoms with E-state index in [-0.39, 0.29) is 0 Å². The molecule has 3 heterocycles. The first-order valence-electron chi connectivity index (χ1n) is 7.23. The maximum Gasteiger partial charge on any atom is 0.132 e. The summed E-state index contributed by atoms with van der Waals surface area (Å²) in [6.45, 7) is 7.28. The molecule has 1 aliphatic rings. The van der Waals surface area contributed by atoms with Gasteiger partial charge in [-0.2, -0.15) is 0 Å². The SMILES string of the molecule is Cc1cc(N2CCCC(Cn3ccnc3C)C2)ncn1. The van der Waals surface area contributed by atoms with Crippen molar-refractivity contribution in [1.82, 2.24) is 19.5 Å². The van der Waals surface area contributed by atoms with Crippen molar-refractivity contribution < 1.29 is 0 Å². The smallest absolute Gasteiger partial charge is 0.132 e. The molecule has 5 nitrogen and oxygen atoms in total. The number of aromatic nitrogens is 4. The standard InChI is InChI=1S/C15H21N5/c1-12-8-15(18-11-17-12)20-6-3-4-14(10-20)9-19-7-5-16-13(19)2/h5,7-8,11,14H,3-4,6,9-10H2,1-2H3. The van der Waals surface area contributed by atoms with Crippen molar-refractivity contribution >= 4 is 5.82 Å². The molecule has 2 aromatic rings. The van der Waals surface area contributed by atoms with Crippen molar-refractivity contribution in [2.45, 2.75) is 33.2 Å². The maximum atomic E-state index is 4.41. The molecule has 5 heteroatoms. The Morgan fingerprint density at radius 1 is 1.25 bits per heavy atom. The van der Waals surface area contributed by atoms with Gasteiger partial charge in [0, 0.05) is 43.8 Å². The van der Waals surface area contributed by atoms with Gasteiger partial charge in [-0.25, -0.2) is 15.0 Å². The van der Waals surface area contributed by atoms with Crippen LogP contribution in [0.25, 0.3) is 0 Å². The van der Waals surface area contributed by atoms with Crippen LogP contribution < -0.4 is 4.90 Å². The molecule has 0 bridgehead atoms. The van der Waals surface area contributed by atoms with Gasteiger partial charge in [0.1, 0.15) is 18.0 Å². The predicted octanol–water partition coefficient (Wildman–Crippen LogP) is 2.21. The van der Waals surface area contributed by atoms with Gasteiger partial charge in [0.2, 0.25) is 0 Å². The predicted molar refractivity (Wildman–Crippen MR) is 78.7 cm³/mol. The third-order valence-corrected chi connectivity index (χ3v) is 4.01. The highest BCUT2D eigenvalue weighted by Crippen LogP contribution is 2.23.